The Balaban J connectivity index is 2.94. The molecule has 1 rings (SSSR count). The molecule has 2 amide bonds. The molecule has 1 aromatic rings. The van der Waals surface area contributed by atoms with Gasteiger partial charge in [-0.15, -0.1) is 0 Å². The number of rotatable bonds is 7. The van der Waals surface area contributed by atoms with Crippen LogP contribution in [0.4, 0.5) is 18.0 Å². The Bertz CT molecular complexity index is 691. The van der Waals surface area contributed by atoms with E-state index in [1.54, 1.807) is 20.8 Å². The lowest BCUT2D eigenvalue weighted by molar-refractivity contribution is -0.138. The van der Waals surface area contributed by atoms with Gasteiger partial charge in [0.2, 0.25) is 0 Å². The molecule has 0 aromatic heterocycles. The number of nitrogens with one attached hydrogen (secondary N) is 1. The monoisotopic (exact) mass is 452 g/mol. The van der Waals surface area contributed by atoms with E-state index in [0.29, 0.717) is 6.42 Å². The van der Waals surface area contributed by atoms with E-state index in [1.807, 2.05) is 13.8 Å². The lowest BCUT2D eigenvalue weighted by Gasteiger charge is -2.29. The van der Waals surface area contributed by atoms with Crippen LogP contribution in [-0.2, 0) is 11.0 Å². The summed E-state index contributed by atoms with van der Waals surface area (Å²) in [5.41, 5.74) is -2.04. The number of amides is 2. The highest BCUT2D eigenvalue weighted by molar-refractivity contribution is 9.10. The molecule has 1 N–H and O–H groups in total. The summed E-state index contributed by atoms with van der Waals surface area (Å²) < 4.78 is 39.0. The lowest BCUT2D eigenvalue weighted by Crippen LogP contribution is -2.55. The summed E-state index contributed by atoms with van der Waals surface area (Å²) >= 11 is 3.00. The van der Waals surface area contributed by atoms with Gasteiger partial charge in [-0.05, 0) is 44.9 Å². The Hall–Kier alpha value is -1.77. The maximum absolute atomic E-state index is 12.9. The van der Waals surface area contributed by atoms with Crippen LogP contribution in [0, 0.1) is 5.92 Å². The predicted molar refractivity (Wildman–Crippen MR) is 99.2 cm³/mol. The molecular weight excluding hydrogens is 429 g/mol. The Morgan fingerprint density at radius 3 is 2.30 bits per heavy atom. The van der Waals surface area contributed by atoms with Crippen LogP contribution >= 0.6 is 15.9 Å². The zero-order valence-corrected chi connectivity index (χ0v) is 17.5. The summed E-state index contributed by atoms with van der Waals surface area (Å²) in [6, 6.07) is 2.32. The summed E-state index contributed by atoms with van der Waals surface area (Å²) in [6.45, 7) is 8.60. The summed E-state index contributed by atoms with van der Waals surface area (Å²) in [6.07, 6.45) is -4.26. The van der Waals surface area contributed by atoms with Crippen LogP contribution in [0.3, 0.4) is 0 Å². The molecule has 5 nitrogen and oxygen atoms in total. The molecule has 0 fully saturated rings. The molecule has 0 saturated heterocycles. The van der Waals surface area contributed by atoms with Crippen molar-refractivity contribution in [1.82, 2.24) is 10.4 Å². The summed E-state index contributed by atoms with van der Waals surface area (Å²) in [4.78, 5) is 30.1. The molecule has 0 atom stereocenters. The number of hydroxylamine groups is 2. The Labute approximate surface area is 165 Å². The number of benzene rings is 1. The van der Waals surface area contributed by atoms with E-state index in [4.69, 9.17) is 4.84 Å². The highest BCUT2D eigenvalue weighted by Crippen LogP contribution is 2.34. The van der Waals surface area contributed by atoms with Gasteiger partial charge in [0.15, 0.2) is 11.5 Å². The first kappa shape index (κ1) is 23.3. The summed E-state index contributed by atoms with van der Waals surface area (Å²) in [5, 5.41) is 3.44. The minimum atomic E-state index is -4.55. The Kier molecular flexibility index (Phi) is 7.71. The molecule has 0 spiro atoms. The number of carbonyl (C=O) groups excluding carboxylic acids is 2. The number of Topliss-reactive ketones (excluding diaryl/α,β-unsaturated/α-hetero) is 1. The third-order valence-corrected chi connectivity index (χ3v) is 4.10. The van der Waals surface area contributed by atoms with E-state index >= 15 is 0 Å². The zero-order valence-electron chi connectivity index (χ0n) is 15.9. The number of alkyl halides is 3. The molecule has 0 radical (unpaired) electrons. The number of nitrogens with zero attached hydrogens (tertiary/aromatic N) is 1. The van der Waals surface area contributed by atoms with Gasteiger partial charge in [0.25, 0.3) is 0 Å². The minimum Gasteiger partial charge on any atom is -0.375 e. The maximum atomic E-state index is 12.9. The fraction of sp³-hybridized carbons (Fsp3) is 0.556. The quantitative estimate of drug-likeness (QED) is 0.579. The highest BCUT2D eigenvalue weighted by atomic mass is 79.9. The SMILES string of the molecule is CCN(Oc1cc(Br)cc(C(F)(F)F)c1)C(=O)NC(C)(C)C(=O)CC(C)C. The van der Waals surface area contributed by atoms with Gasteiger partial charge in [-0.3, -0.25) is 4.79 Å². The van der Waals surface area contributed by atoms with Crippen LogP contribution < -0.4 is 10.2 Å². The summed E-state index contributed by atoms with van der Waals surface area (Å²) in [7, 11) is 0. The third-order valence-electron chi connectivity index (χ3n) is 3.64. The maximum Gasteiger partial charge on any atom is 0.416 e. The van der Waals surface area contributed by atoms with Crippen molar-refractivity contribution in [3.8, 4) is 5.75 Å². The van der Waals surface area contributed by atoms with Crippen LogP contribution in [0.5, 0.6) is 5.75 Å². The van der Waals surface area contributed by atoms with E-state index in [9.17, 15) is 22.8 Å². The largest absolute Gasteiger partial charge is 0.416 e. The van der Waals surface area contributed by atoms with Crippen molar-refractivity contribution < 1.29 is 27.6 Å². The van der Waals surface area contributed by atoms with Crippen LogP contribution in [-0.4, -0.2) is 29.0 Å². The normalized spacial score (nSPS) is 12.1. The van der Waals surface area contributed by atoms with Crippen molar-refractivity contribution in [2.24, 2.45) is 5.92 Å². The van der Waals surface area contributed by atoms with Gasteiger partial charge in [0.05, 0.1) is 17.6 Å². The summed E-state index contributed by atoms with van der Waals surface area (Å²) in [5.74, 6) is -0.168. The van der Waals surface area contributed by atoms with Gasteiger partial charge in [0.1, 0.15) is 0 Å². The van der Waals surface area contributed by atoms with E-state index in [2.05, 4.69) is 21.2 Å². The third kappa shape index (κ3) is 7.04. The molecule has 0 bridgehead atoms. The Morgan fingerprint density at radius 1 is 1.22 bits per heavy atom. The fourth-order valence-corrected chi connectivity index (χ4v) is 2.65. The standard InChI is InChI=1S/C18H24BrF3N2O3/c1-6-24(16(26)23-17(4,5)15(25)7-11(2)3)27-14-9-12(18(20,21)22)8-13(19)10-14/h8-11H,6-7H2,1-5H3,(H,23,26). The molecule has 27 heavy (non-hydrogen) atoms. The van der Waals surface area contributed by atoms with Gasteiger partial charge in [-0.1, -0.05) is 29.8 Å². The first-order valence-electron chi connectivity index (χ1n) is 8.45. The van der Waals surface area contributed by atoms with Gasteiger partial charge in [-0.25, -0.2) is 4.79 Å². The second kappa shape index (κ2) is 8.95. The van der Waals surface area contributed by atoms with Crippen LogP contribution in [0.2, 0.25) is 0 Å². The highest BCUT2D eigenvalue weighted by Gasteiger charge is 2.33. The number of hydrogen-bond acceptors (Lipinski definition) is 3. The fourth-order valence-electron chi connectivity index (χ4n) is 2.18. The molecule has 0 heterocycles. The number of hydrogen-bond donors (Lipinski definition) is 1. The van der Waals surface area contributed by atoms with Crippen molar-refractivity contribution in [1.29, 1.82) is 0 Å². The second-order valence-electron chi connectivity index (χ2n) is 7.04. The molecule has 0 saturated carbocycles. The molecule has 9 heteroatoms. The van der Waals surface area contributed by atoms with E-state index in [-0.39, 0.29) is 28.5 Å². The Morgan fingerprint density at radius 2 is 1.81 bits per heavy atom. The molecule has 0 aliphatic carbocycles. The first-order chi connectivity index (χ1) is 12.3. The van der Waals surface area contributed by atoms with E-state index < -0.39 is 23.3 Å². The minimum absolute atomic E-state index is 0.0636. The van der Waals surface area contributed by atoms with Gasteiger partial charge < -0.3 is 10.2 Å². The molecule has 1 aromatic carbocycles. The molecule has 0 aliphatic heterocycles. The molecule has 152 valence electrons. The van der Waals surface area contributed by atoms with Crippen molar-refractivity contribution in [2.75, 3.05) is 6.54 Å². The smallest absolute Gasteiger partial charge is 0.375 e. The zero-order chi connectivity index (χ0) is 21.0. The molecule has 0 unspecified atom stereocenters. The average molecular weight is 453 g/mol. The average Bonchev–Trinajstić information content (AvgIpc) is 2.49. The number of urea groups is 1. The predicted octanol–water partition coefficient (Wildman–Crippen LogP) is 5.19. The molecular formula is C18H24BrF3N2O3. The van der Waals surface area contributed by atoms with Crippen LogP contribution in [0.1, 0.15) is 46.6 Å². The van der Waals surface area contributed by atoms with Crippen molar-refractivity contribution in [3.05, 3.63) is 28.2 Å². The van der Waals surface area contributed by atoms with E-state index in [0.717, 1.165) is 17.2 Å². The van der Waals surface area contributed by atoms with Crippen molar-refractivity contribution in [3.63, 3.8) is 0 Å². The number of carbonyl (C=O) groups is 2. The topological polar surface area (TPSA) is 58.6 Å². The van der Waals surface area contributed by atoms with Crippen molar-refractivity contribution >= 4 is 27.7 Å². The van der Waals surface area contributed by atoms with Crippen molar-refractivity contribution in [2.45, 2.75) is 52.8 Å². The molecule has 0 aliphatic rings. The van der Waals surface area contributed by atoms with Gasteiger partial charge in [-0.2, -0.15) is 18.2 Å². The van der Waals surface area contributed by atoms with E-state index in [1.165, 1.54) is 6.07 Å². The first-order valence-corrected chi connectivity index (χ1v) is 9.24. The van der Waals surface area contributed by atoms with Crippen LogP contribution in [0.25, 0.3) is 0 Å². The van der Waals surface area contributed by atoms with Crippen LogP contribution in [0.15, 0.2) is 22.7 Å². The second-order valence-corrected chi connectivity index (χ2v) is 7.95. The van der Waals surface area contributed by atoms with Gasteiger partial charge >= 0.3 is 12.2 Å². The lowest BCUT2D eigenvalue weighted by atomic mass is 9.92. The number of halogens is 4. The van der Waals surface area contributed by atoms with Gasteiger partial charge in [0, 0.05) is 10.9 Å². The number of ketones is 1.